The maximum atomic E-state index is 12.8. The lowest BCUT2D eigenvalue weighted by Gasteiger charge is -2.35. The van der Waals surface area contributed by atoms with E-state index in [1.807, 2.05) is 35.7 Å². The van der Waals surface area contributed by atoms with E-state index in [4.69, 9.17) is 11.6 Å². The number of rotatable bonds is 4. The highest BCUT2D eigenvalue weighted by Gasteiger charge is 2.27. The number of carbonyl (C=O) groups excluding carboxylic acids is 1. The highest BCUT2D eigenvalue weighted by Crippen LogP contribution is 2.21. The number of aromatic nitrogens is 4. The fourth-order valence-electron chi connectivity index (χ4n) is 3.19. The number of halogens is 1. The molecule has 1 atom stereocenters. The summed E-state index contributed by atoms with van der Waals surface area (Å²) in [5.74, 6) is 0.101. The molecule has 1 fully saturated rings. The van der Waals surface area contributed by atoms with Crippen LogP contribution in [0.5, 0.6) is 0 Å². The molecule has 124 valence electrons. The lowest BCUT2D eigenvalue weighted by molar-refractivity contribution is -0.136. The second-order valence-corrected chi connectivity index (χ2v) is 6.49. The zero-order valence-electron chi connectivity index (χ0n) is 13.6. The van der Waals surface area contributed by atoms with Crippen molar-refractivity contribution in [2.24, 2.45) is 0 Å². The largest absolute Gasteiger partial charge is 0.336 e. The third-order valence-corrected chi connectivity index (χ3v) is 5.03. The third kappa shape index (κ3) is 3.42. The molecule has 3 rings (SSSR count). The third-order valence-electron chi connectivity index (χ3n) is 4.48. The van der Waals surface area contributed by atoms with Crippen molar-refractivity contribution in [2.45, 2.75) is 52.2 Å². The highest BCUT2D eigenvalue weighted by atomic mass is 35.5. The number of carbonyl (C=O) groups is 1. The molecule has 0 bridgehead atoms. The van der Waals surface area contributed by atoms with E-state index >= 15 is 0 Å². The maximum absolute atomic E-state index is 12.8. The van der Waals surface area contributed by atoms with E-state index in [0.717, 1.165) is 43.7 Å². The molecule has 23 heavy (non-hydrogen) atoms. The molecular formula is C16H22ClN5O. The Morgan fingerprint density at radius 1 is 1.39 bits per heavy atom. The molecule has 0 spiro atoms. The van der Waals surface area contributed by atoms with Gasteiger partial charge in [0.15, 0.2) is 0 Å². The van der Waals surface area contributed by atoms with Crippen molar-refractivity contribution >= 4 is 17.5 Å². The standard InChI is InChI=1S/C16H22ClN5O/c1-12-16(17)13(2)22(19-12)11-15(23)21-9-4-3-6-14(21)10-20-8-5-7-18-20/h5,7-8,14H,3-4,6,9-11H2,1-2H3/t14-/m1/s1. The van der Waals surface area contributed by atoms with Crippen LogP contribution in [0, 0.1) is 13.8 Å². The summed E-state index contributed by atoms with van der Waals surface area (Å²) in [5, 5.41) is 9.27. The molecule has 0 aliphatic carbocycles. The van der Waals surface area contributed by atoms with Crippen LogP contribution in [0.3, 0.4) is 0 Å². The monoisotopic (exact) mass is 335 g/mol. The number of aryl methyl sites for hydroxylation is 1. The van der Waals surface area contributed by atoms with Crippen molar-refractivity contribution in [3.8, 4) is 0 Å². The molecule has 0 aromatic carbocycles. The van der Waals surface area contributed by atoms with Crippen LogP contribution in [-0.2, 0) is 17.9 Å². The Hall–Kier alpha value is -1.82. The molecule has 1 aliphatic rings. The minimum Gasteiger partial charge on any atom is -0.336 e. The van der Waals surface area contributed by atoms with Gasteiger partial charge in [0.05, 0.1) is 29.0 Å². The van der Waals surface area contributed by atoms with Crippen LogP contribution in [0.2, 0.25) is 5.02 Å². The van der Waals surface area contributed by atoms with E-state index in [1.54, 1.807) is 10.9 Å². The quantitative estimate of drug-likeness (QED) is 0.862. The Bertz CT molecular complexity index is 679. The fraction of sp³-hybridized carbons (Fsp3) is 0.562. The van der Waals surface area contributed by atoms with Crippen LogP contribution >= 0.6 is 11.6 Å². The second kappa shape index (κ2) is 6.74. The van der Waals surface area contributed by atoms with Gasteiger partial charge >= 0.3 is 0 Å². The molecule has 2 aromatic rings. The number of amides is 1. The van der Waals surface area contributed by atoms with E-state index < -0.39 is 0 Å². The van der Waals surface area contributed by atoms with Crippen molar-refractivity contribution in [1.82, 2.24) is 24.5 Å². The highest BCUT2D eigenvalue weighted by molar-refractivity contribution is 6.31. The molecule has 0 saturated carbocycles. The summed E-state index contributed by atoms with van der Waals surface area (Å²) >= 11 is 6.17. The lowest BCUT2D eigenvalue weighted by Crippen LogP contribution is -2.47. The topological polar surface area (TPSA) is 56.0 Å². The molecule has 1 aliphatic heterocycles. The predicted octanol–water partition coefficient (Wildman–Crippen LogP) is 2.43. The fourth-order valence-corrected chi connectivity index (χ4v) is 3.33. The molecule has 1 saturated heterocycles. The van der Waals surface area contributed by atoms with Crippen LogP contribution in [0.25, 0.3) is 0 Å². The number of nitrogens with zero attached hydrogens (tertiary/aromatic N) is 5. The average molecular weight is 336 g/mol. The minimum absolute atomic E-state index is 0.101. The summed E-state index contributed by atoms with van der Waals surface area (Å²) in [5.41, 5.74) is 1.61. The first-order valence-corrected chi connectivity index (χ1v) is 8.40. The smallest absolute Gasteiger partial charge is 0.244 e. The van der Waals surface area contributed by atoms with Gasteiger partial charge < -0.3 is 4.90 Å². The van der Waals surface area contributed by atoms with Crippen LogP contribution in [0.15, 0.2) is 18.5 Å². The van der Waals surface area contributed by atoms with Crippen molar-refractivity contribution in [2.75, 3.05) is 6.54 Å². The SMILES string of the molecule is Cc1nn(CC(=O)N2CCCC[C@@H]2Cn2cccn2)c(C)c1Cl. The van der Waals surface area contributed by atoms with Gasteiger partial charge in [0.25, 0.3) is 0 Å². The Morgan fingerprint density at radius 2 is 2.22 bits per heavy atom. The van der Waals surface area contributed by atoms with E-state index in [9.17, 15) is 4.79 Å². The van der Waals surface area contributed by atoms with Crippen LogP contribution in [0.4, 0.5) is 0 Å². The zero-order chi connectivity index (χ0) is 16.4. The molecule has 0 radical (unpaired) electrons. The van der Waals surface area contributed by atoms with E-state index in [2.05, 4.69) is 10.2 Å². The van der Waals surface area contributed by atoms with E-state index in [1.165, 1.54) is 0 Å². The minimum atomic E-state index is 0.101. The predicted molar refractivity (Wildman–Crippen MR) is 88.3 cm³/mol. The Labute approximate surface area is 141 Å². The van der Waals surface area contributed by atoms with Gasteiger partial charge in [-0.3, -0.25) is 14.2 Å². The summed E-state index contributed by atoms with van der Waals surface area (Å²) in [6, 6.07) is 2.11. The van der Waals surface area contributed by atoms with Gasteiger partial charge in [0, 0.05) is 18.9 Å². The maximum Gasteiger partial charge on any atom is 0.244 e. The van der Waals surface area contributed by atoms with E-state index in [0.29, 0.717) is 5.02 Å². The lowest BCUT2D eigenvalue weighted by atomic mass is 10.0. The summed E-state index contributed by atoms with van der Waals surface area (Å²) in [6.45, 7) is 5.55. The van der Waals surface area contributed by atoms with Crippen molar-refractivity contribution in [3.63, 3.8) is 0 Å². The van der Waals surface area contributed by atoms with Crippen molar-refractivity contribution in [3.05, 3.63) is 34.9 Å². The van der Waals surface area contributed by atoms with Gasteiger partial charge in [-0.2, -0.15) is 10.2 Å². The second-order valence-electron chi connectivity index (χ2n) is 6.11. The molecule has 2 aromatic heterocycles. The summed E-state index contributed by atoms with van der Waals surface area (Å²) < 4.78 is 3.61. The Morgan fingerprint density at radius 3 is 2.87 bits per heavy atom. The van der Waals surface area contributed by atoms with Gasteiger partial charge in [-0.05, 0) is 39.2 Å². The summed E-state index contributed by atoms with van der Waals surface area (Å²) in [6.07, 6.45) is 6.94. The van der Waals surface area contributed by atoms with Gasteiger partial charge in [0.1, 0.15) is 6.54 Å². The first-order valence-electron chi connectivity index (χ1n) is 8.02. The van der Waals surface area contributed by atoms with Crippen LogP contribution in [0.1, 0.15) is 30.7 Å². The molecule has 6 nitrogen and oxygen atoms in total. The first kappa shape index (κ1) is 16.1. The van der Waals surface area contributed by atoms with Gasteiger partial charge in [-0.25, -0.2) is 0 Å². The number of likely N-dealkylation sites (tertiary alicyclic amines) is 1. The number of hydrogen-bond acceptors (Lipinski definition) is 3. The Balaban J connectivity index is 1.72. The molecule has 0 N–H and O–H groups in total. The number of piperidine rings is 1. The van der Waals surface area contributed by atoms with E-state index in [-0.39, 0.29) is 18.5 Å². The summed E-state index contributed by atoms with van der Waals surface area (Å²) in [4.78, 5) is 14.8. The summed E-state index contributed by atoms with van der Waals surface area (Å²) in [7, 11) is 0. The van der Waals surface area contributed by atoms with Crippen LogP contribution < -0.4 is 0 Å². The molecule has 7 heteroatoms. The van der Waals surface area contributed by atoms with Gasteiger partial charge in [-0.15, -0.1) is 0 Å². The van der Waals surface area contributed by atoms with Crippen molar-refractivity contribution in [1.29, 1.82) is 0 Å². The molecular weight excluding hydrogens is 314 g/mol. The molecule has 3 heterocycles. The number of hydrogen-bond donors (Lipinski definition) is 0. The zero-order valence-corrected chi connectivity index (χ0v) is 14.3. The average Bonchev–Trinajstić information content (AvgIpc) is 3.13. The van der Waals surface area contributed by atoms with Gasteiger partial charge in [-0.1, -0.05) is 11.6 Å². The molecule has 1 amide bonds. The van der Waals surface area contributed by atoms with Gasteiger partial charge in [0.2, 0.25) is 5.91 Å². The Kier molecular flexibility index (Phi) is 4.71. The van der Waals surface area contributed by atoms with Crippen LogP contribution in [-0.4, -0.2) is 43.0 Å². The van der Waals surface area contributed by atoms with Crippen molar-refractivity contribution < 1.29 is 4.79 Å². The first-order chi connectivity index (χ1) is 11.1. The molecule has 0 unspecified atom stereocenters. The normalized spacial score (nSPS) is 18.4.